The van der Waals surface area contributed by atoms with E-state index in [4.69, 9.17) is 9.47 Å². The van der Waals surface area contributed by atoms with E-state index in [1.807, 2.05) is 6.92 Å². The first kappa shape index (κ1) is 13.0. The molecule has 1 aromatic rings. The van der Waals surface area contributed by atoms with Crippen LogP contribution >= 0.6 is 0 Å². The van der Waals surface area contributed by atoms with E-state index >= 15 is 0 Å². The molecule has 0 aliphatic carbocycles. The molecular weight excluding hydrogens is 226 g/mol. The zero-order valence-corrected chi connectivity index (χ0v) is 11.4. The van der Waals surface area contributed by atoms with Crippen LogP contribution in [0.1, 0.15) is 25.0 Å². The van der Waals surface area contributed by atoms with Crippen LogP contribution in [0.3, 0.4) is 0 Å². The van der Waals surface area contributed by atoms with Crippen LogP contribution in [0, 0.1) is 0 Å². The van der Waals surface area contributed by atoms with E-state index in [-0.39, 0.29) is 6.10 Å². The van der Waals surface area contributed by atoms with Crippen molar-refractivity contribution in [3.8, 4) is 11.5 Å². The van der Waals surface area contributed by atoms with Gasteiger partial charge in [-0.05, 0) is 26.0 Å². The maximum absolute atomic E-state index is 5.77. The van der Waals surface area contributed by atoms with Crippen molar-refractivity contribution in [1.29, 1.82) is 0 Å². The first-order valence-electron chi connectivity index (χ1n) is 6.31. The van der Waals surface area contributed by atoms with E-state index in [1.54, 1.807) is 7.11 Å². The van der Waals surface area contributed by atoms with Gasteiger partial charge in [0.1, 0.15) is 17.6 Å². The van der Waals surface area contributed by atoms with Gasteiger partial charge in [-0.15, -0.1) is 0 Å². The Morgan fingerprint density at radius 3 is 3.00 bits per heavy atom. The molecule has 98 valence electrons. The largest absolute Gasteiger partial charge is 0.496 e. The Hall–Kier alpha value is -1.48. The number of nitrogens with one attached hydrogen (secondary N) is 1. The Bertz CT molecular complexity index is 454. The summed E-state index contributed by atoms with van der Waals surface area (Å²) in [4.78, 5) is 0. The van der Waals surface area contributed by atoms with Crippen LogP contribution in [-0.2, 0) is 13.0 Å². The Labute approximate surface area is 109 Å². The maximum atomic E-state index is 5.77. The Kier molecular flexibility index (Phi) is 3.92. The first-order chi connectivity index (χ1) is 8.60. The lowest BCUT2D eigenvalue weighted by Gasteiger charge is -2.12. The van der Waals surface area contributed by atoms with E-state index in [1.165, 1.54) is 5.56 Å². The fourth-order valence-electron chi connectivity index (χ4n) is 2.22. The van der Waals surface area contributed by atoms with E-state index in [9.17, 15) is 0 Å². The summed E-state index contributed by atoms with van der Waals surface area (Å²) in [6.45, 7) is 9.56. The van der Waals surface area contributed by atoms with E-state index in [2.05, 4.69) is 31.0 Å². The minimum absolute atomic E-state index is 0.267. The molecule has 0 saturated heterocycles. The minimum atomic E-state index is 0.267. The third-order valence-electron chi connectivity index (χ3n) is 3.04. The molecule has 1 unspecified atom stereocenters. The van der Waals surface area contributed by atoms with Crippen molar-refractivity contribution in [2.75, 3.05) is 13.7 Å². The summed E-state index contributed by atoms with van der Waals surface area (Å²) in [6, 6.07) is 4.18. The van der Waals surface area contributed by atoms with Crippen LogP contribution in [0.15, 0.2) is 24.3 Å². The van der Waals surface area contributed by atoms with Crippen molar-refractivity contribution in [3.05, 3.63) is 35.4 Å². The molecule has 1 heterocycles. The molecule has 0 amide bonds. The monoisotopic (exact) mass is 247 g/mol. The molecule has 3 nitrogen and oxygen atoms in total. The normalized spacial score (nSPS) is 17.2. The SMILES string of the molecule is C=C(C)CNCc1cc2c(cc1OC)CC(C)O2. The Morgan fingerprint density at radius 2 is 2.33 bits per heavy atom. The third-order valence-corrected chi connectivity index (χ3v) is 3.04. The van der Waals surface area contributed by atoms with Crippen LogP contribution in [0.4, 0.5) is 0 Å². The zero-order chi connectivity index (χ0) is 13.1. The summed E-state index contributed by atoms with van der Waals surface area (Å²) >= 11 is 0. The van der Waals surface area contributed by atoms with Gasteiger partial charge in [-0.1, -0.05) is 12.2 Å². The van der Waals surface area contributed by atoms with E-state index in [0.717, 1.165) is 42.1 Å². The van der Waals surface area contributed by atoms with Crippen molar-refractivity contribution in [2.45, 2.75) is 32.9 Å². The highest BCUT2D eigenvalue weighted by atomic mass is 16.5. The summed E-state index contributed by atoms with van der Waals surface area (Å²) in [5.74, 6) is 1.93. The molecule has 0 aromatic heterocycles. The van der Waals surface area contributed by atoms with Crippen LogP contribution < -0.4 is 14.8 Å². The fraction of sp³-hybridized carbons (Fsp3) is 0.467. The molecular formula is C15H21NO2. The zero-order valence-electron chi connectivity index (χ0n) is 11.4. The van der Waals surface area contributed by atoms with E-state index in [0.29, 0.717) is 0 Å². The molecule has 1 aromatic carbocycles. The molecule has 1 aliphatic heterocycles. The molecule has 3 heteroatoms. The van der Waals surface area contributed by atoms with Crippen molar-refractivity contribution in [3.63, 3.8) is 0 Å². The number of hydrogen-bond donors (Lipinski definition) is 1. The van der Waals surface area contributed by atoms with Crippen LogP contribution in [0.2, 0.25) is 0 Å². The summed E-state index contributed by atoms with van der Waals surface area (Å²) in [7, 11) is 1.71. The van der Waals surface area contributed by atoms with Gasteiger partial charge in [0.2, 0.25) is 0 Å². The molecule has 0 radical (unpaired) electrons. The van der Waals surface area contributed by atoms with Crippen LogP contribution in [-0.4, -0.2) is 19.8 Å². The second-order valence-corrected chi connectivity index (χ2v) is 4.97. The van der Waals surface area contributed by atoms with Gasteiger partial charge >= 0.3 is 0 Å². The molecule has 1 atom stereocenters. The highest BCUT2D eigenvalue weighted by molar-refractivity contribution is 5.48. The van der Waals surface area contributed by atoms with Crippen molar-refractivity contribution >= 4 is 0 Å². The predicted octanol–water partition coefficient (Wildman–Crippen LogP) is 2.68. The number of benzene rings is 1. The topological polar surface area (TPSA) is 30.5 Å². The number of hydrogen-bond acceptors (Lipinski definition) is 3. The van der Waals surface area contributed by atoms with Gasteiger partial charge in [-0.2, -0.15) is 0 Å². The fourth-order valence-corrected chi connectivity index (χ4v) is 2.22. The summed E-state index contributed by atoms with van der Waals surface area (Å²) in [6.07, 6.45) is 1.23. The first-order valence-corrected chi connectivity index (χ1v) is 6.31. The lowest BCUT2D eigenvalue weighted by atomic mass is 10.1. The second kappa shape index (κ2) is 5.44. The second-order valence-electron chi connectivity index (χ2n) is 4.97. The average molecular weight is 247 g/mol. The smallest absolute Gasteiger partial charge is 0.123 e. The third kappa shape index (κ3) is 2.85. The Balaban J connectivity index is 2.14. The van der Waals surface area contributed by atoms with Crippen molar-refractivity contribution in [1.82, 2.24) is 5.32 Å². The molecule has 0 spiro atoms. The number of fused-ring (bicyclic) bond motifs is 1. The van der Waals surface area contributed by atoms with Gasteiger partial charge in [0.15, 0.2) is 0 Å². The van der Waals surface area contributed by atoms with E-state index < -0.39 is 0 Å². The molecule has 0 fully saturated rings. The van der Waals surface area contributed by atoms with Gasteiger partial charge in [-0.3, -0.25) is 0 Å². The van der Waals surface area contributed by atoms with Gasteiger partial charge < -0.3 is 14.8 Å². The lowest BCUT2D eigenvalue weighted by molar-refractivity contribution is 0.254. The lowest BCUT2D eigenvalue weighted by Crippen LogP contribution is -2.15. The standard InChI is InChI=1S/C15H21NO2/c1-10(2)8-16-9-13-7-15-12(5-11(3)18-15)6-14(13)17-4/h6-7,11,16H,1,5,8-9H2,2-4H3. The van der Waals surface area contributed by atoms with Crippen LogP contribution in [0.25, 0.3) is 0 Å². The molecule has 18 heavy (non-hydrogen) atoms. The van der Waals surface area contributed by atoms with Crippen molar-refractivity contribution < 1.29 is 9.47 Å². The summed E-state index contributed by atoms with van der Waals surface area (Å²) in [5.41, 5.74) is 3.50. The molecule has 2 rings (SSSR count). The minimum Gasteiger partial charge on any atom is -0.496 e. The summed E-state index contributed by atoms with van der Waals surface area (Å²) in [5, 5.41) is 3.34. The van der Waals surface area contributed by atoms with Gasteiger partial charge in [0, 0.05) is 30.6 Å². The Morgan fingerprint density at radius 1 is 1.56 bits per heavy atom. The highest BCUT2D eigenvalue weighted by Gasteiger charge is 2.21. The number of rotatable bonds is 5. The van der Waals surface area contributed by atoms with Gasteiger partial charge in [0.25, 0.3) is 0 Å². The number of ether oxygens (including phenoxy) is 2. The predicted molar refractivity (Wildman–Crippen MR) is 73.3 cm³/mol. The van der Waals surface area contributed by atoms with Gasteiger partial charge in [0.05, 0.1) is 7.11 Å². The molecule has 1 aliphatic rings. The molecule has 0 bridgehead atoms. The van der Waals surface area contributed by atoms with Crippen LogP contribution in [0.5, 0.6) is 11.5 Å². The average Bonchev–Trinajstić information content (AvgIpc) is 2.66. The highest BCUT2D eigenvalue weighted by Crippen LogP contribution is 2.34. The number of methoxy groups -OCH3 is 1. The van der Waals surface area contributed by atoms with Gasteiger partial charge in [-0.25, -0.2) is 0 Å². The summed E-state index contributed by atoms with van der Waals surface area (Å²) < 4.78 is 11.2. The molecule has 1 N–H and O–H groups in total. The maximum Gasteiger partial charge on any atom is 0.123 e. The van der Waals surface area contributed by atoms with Crippen molar-refractivity contribution in [2.24, 2.45) is 0 Å². The quantitative estimate of drug-likeness (QED) is 0.811. The molecule has 0 saturated carbocycles.